The predicted molar refractivity (Wildman–Crippen MR) is 125 cm³/mol. The summed E-state index contributed by atoms with van der Waals surface area (Å²) < 4.78 is 53.3. The molecule has 4 aromatic rings. The molecule has 0 aliphatic rings. The minimum Gasteiger partial charge on any atom is -0.461 e. The van der Waals surface area contributed by atoms with Gasteiger partial charge in [-0.25, -0.2) is 19.6 Å². The van der Waals surface area contributed by atoms with E-state index < -0.39 is 23.8 Å². The third-order valence-electron chi connectivity index (χ3n) is 5.06. The largest absolute Gasteiger partial charge is 0.461 e. The number of fused-ring (bicyclic) bond motifs is 1. The number of aryl methyl sites for hydroxylation is 1. The van der Waals surface area contributed by atoms with Crippen LogP contribution in [0.4, 0.5) is 19.0 Å². The number of halogens is 3. The molecule has 0 saturated carbocycles. The molecule has 0 radical (unpaired) electrons. The molecule has 9 nitrogen and oxygen atoms in total. The maximum atomic E-state index is 13.6. The number of carbonyl (C=O) groups excluding carboxylic acids is 1. The fraction of sp³-hybridized carbons (Fsp3) is 0.292. The molecule has 1 amide bonds. The highest BCUT2D eigenvalue weighted by molar-refractivity contribution is 5.94. The number of nitrogens with one attached hydrogen (secondary N) is 1. The molecule has 0 bridgehead atoms. The van der Waals surface area contributed by atoms with Gasteiger partial charge in [0.2, 0.25) is 12.0 Å². The lowest BCUT2D eigenvalue weighted by Gasteiger charge is -2.19. The van der Waals surface area contributed by atoms with Crippen molar-refractivity contribution in [2.45, 2.75) is 39.2 Å². The van der Waals surface area contributed by atoms with Crippen LogP contribution in [0.2, 0.25) is 0 Å². The smallest absolute Gasteiger partial charge is 0.418 e. The second-order valence-corrected chi connectivity index (χ2v) is 8.19. The van der Waals surface area contributed by atoms with Crippen LogP contribution in [-0.4, -0.2) is 49.5 Å². The zero-order chi connectivity index (χ0) is 25.9. The minimum absolute atomic E-state index is 0.0277. The maximum Gasteiger partial charge on any atom is 0.418 e. The van der Waals surface area contributed by atoms with Crippen molar-refractivity contribution in [1.29, 1.82) is 0 Å². The number of aromatic nitrogens is 5. The summed E-state index contributed by atoms with van der Waals surface area (Å²) >= 11 is 0. The molecule has 0 unspecified atom stereocenters. The second-order valence-electron chi connectivity index (χ2n) is 8.19. The van der Waals surface area contributed by atoms with E-state index in [9.17, 15) is 18.0 Å². The van der Waals surface area contributed by atoms with E-state index in [4.69, 9.17) is 9.47 Å². The Bertz CT molecular complexity index is 1360. The molecule has 1 atom stereocenters. The number of benzene rings is 1. The Balaban J connectivity index is 1.66. The third-order valence-corrected chi connectivity index (χ3v) is 5.06. The summed E-state index contributed by atoms with van der Waals surface area (Å²) in [6.07, 6.45) is -1.89. The van der Waals surface area contributed by atoms with Crippen molar-refractivity contribution in [2.75, 3.05) is 11.9 Å². The molecule has 0 fully saturated rings. The van der Waals surface area contributed by atoms with Crippen molar-refractivity contribution in [3.63, 3.8) is 0 Å². The fourth-order valence-electron chi connectivity index (χ4n) is 3.32. The van der Waals surface area contributed by atoms with Crippen LogP contribution in [0, 0.1) is 6.92 Å². The normalized spacial score (nSPS) is 12.6. The molecule has 12 heteroatoms. The quantitative estimate of drug-likeness (QED) is 0.384. The van der Waals surface area contributed by atoms with Gasteiger partial charge in [0.05, 0.1) is 30.2 Å². The van der Waals surface area contributed by atoms with E-state index in [1.54, 1.807) is 18.3 Å². The Morgan fingerprint density at radius 2 is 1.86 bits per heavy atom. The van der Waals surface area contributed by atoms with Crippen LogP contribution < -0.4 is 10.1 Å². The van der Waals surface area contributed by atoms with Crippen molar-refractivity contribution in [2.24, 2.45) is 0 Å². The first-order valence-electron chi connectivity index (χ1n) is 11.0. The molecule has 4 rings (SSSR count). The number of alkyl halides is 3. The number of carbonyl (C=O) groups is 1. The van der Waals surface area contributed by atoms with Crippen LogP contribution in [-0.2, 0) is 15.7 Å². The van der Waals surface area contributed by atoms with Gasteiger partial charge in [0.15, 0.2) is 5.65 Å². The molecular formula is C24H23F3N6O3. The van der Waals surface area contributed by atoms with Crippen molar-refractivity contribution in [3.05, 3.63) is 66.2 Å². The van der Waals surface area contributed by atoms with Gasteiger partial charge in [-0.15, -0.1) is 0 Å². The van der Waals surface area contributed by atoms with E-state index in [0.717, 1.165) is 22.6 Å². The first-order chi connectivity index (χ1) is 17.1. The number of rotatable bonds is 8. The topological polar surface area (TPSA) is 104 Å². The summed E-state index contributed by atoms with van der Waals surface area (Å²) in [6.45, 7) is 5.38. The standard InChI is InChI=1S/C24H23F3N6O3/c1-14(2)35-12-19(22(34)32-20-9-8-15(3)10-28-20)36-23-16-11-31-33(21(16)29-13-30-23)18-7-5-4-6-17(18)24(25,26)27/h4-11,13-14,19H,12H2,1-3H3,(H,28,32,34)/t19-/m0/s1. The zero-order valence-corrected chi connectivity index (χ0v) is 19.7. The van der Waals surface area contributed by atoms with E-state index in [1.165, 1.54) is 24.4 Å². The van der Waals surface area contributed by atoms with E-state index in [0.29, 0.717) is 5.82 Å². The van der Waals surface area contributed by atoms with Crippen LogP contribution in [0.5, 0.6) is 5.88 Å². The number of nitrogens with zero attached hydrogens (tertiary/aromatic N) is 5. The highest BCUT2D eigenvalue weighted by atomic mass is 19.4. The maximum absolute atomic E-state index is 13.6. The molecule has 3 aromatic heterocycles. The molecule has 0 spiro atoms. The average molecular weight is 500 g/mol. The SMILES string of the molecule is Cc1ccc(NC(=O)[C@H](COC(C)C)Oc2ncnc3c2cnn3-c2ccccc2C(F)(F)F)nc1. The number of hydrogen-bond acceptors (Lipinski definition) is 7. The predicted octanol–water partition coefficient (Wildman–Crippen LogP) is 4.35. The number of pyridine rings is 1. The molecule has 36 heavy (non-hydrogen) atoms. The highest BCUT2D eigenvalue weighted by Gasteiger charge is 2.34. The summed E-state index contributed by atoms with van der Waals surface area (Å²) in [7, 11) is 0. The van der Waals surface area contributed by atoms with Gasteiger partial charge >= 0.3 is 6.18 Å². The van der Waals surface area contributed by atoms with Gasteiger partial charge in [-0.3, -0.25) is 4.79 Å². The van der Waals surface area contributed by atoms with E-state index in [2.05, 4.69) is 25.4 Å². The second kappa shape index (κ2) is 10.3. The molecule has 1 N–H and O–H groups in total. The molecule has 0 saturated heterocycles. The van der Waals surface area contributed by atoms with Crippen LogP contribution in [0.15, 0.2) is 55.1 Å². The molecule has 0 aliphatic heterocycles. The molecule has 188 valence electrons. The summed E-state index contributed by atoms with van der Waals surface area (Å²) in [5.41, 5.74) is -0.0611. The van der Waals surface area contributed by atoms with E-state index in [1.807, 2.05) is 20.8 Å². The van der Waals surface area contributed by atoms with Gasteiger partial charge in [-0.1, -0.05) is 18.2 Å². The van der Waals surface area contributed by atoms with Gasteiger partial charge in [-0.05, 0) is 44.5 Å². The summed E-state index contributed by atoms with van der Waals surface area (Å²) in [6, 6.07) is 8.47. The van der Waals surface area contributed by atoms with E-state index in [-0.39, 0.29) is 35.3 Å². The van der Waals surface area contributed by atoms with Crippen molar-refractivity contribution >= 4 is 22.8 Å². The lowest BCUT2D eigenvalue weighted by atomic mass is 10.1. The summed E-state index contributed by atoms with van der Waals surface area (Å²) in [5.74, 6) is -0.234. The lowest BCUT2D eigenvalue weighted by molar-refractivity contribution is -0.137. The van der Waals surface area contributed by atoms with Crippen LogP contribution in [0.1, 0.15) is 25.0 Å². The van der Waals surface area contributed by atoms with Gasteiger partial charge in [-0.2, -0.15) is 18.3 Å². The first-order valence-corrected chi connectivity index (χ1v) is 11.0. The molecule has 1 aromatic carbocycles. The Morgan fingerprint density at radius 3 is 2.56 bits per heavy atom. The van der Waals surface area contributed by atoms with Crippen molar-refractivity contribution < 1.29 is 27.4 Å². The van der Waals surface area contributed by atoms with Crippen LogP contribution in [0.25, 0.3) is 16.7 Å². The minimum atomic E-state index is -4.59. The lowest BCUT2D eigenvalue weighted by Crippen LogP contribution is -2.38. The zero-order valence-electron chi connectivity index (χ0n) is 19.7. The fourth-order valence-corrected chi connectivity index (χ4v) is 3.32. The van der Waals surface area contributed by atoms with Crippen molar-refractivity contribution in [3.8, 4) is 11.6 Å². The van der Waals surface area contributed by atoms with Gasteiger partial charge < -0.3 is 14.8 Å². The Labute approximate surface area is 204 Å². The van der Waals surface area contributed by atoms with Gasteiger partial charge in [0.1, 0.15) is 17.5 Å². The van der Waals surface area contributed by atoms with Crippen LogP contribution in [0.3, 0.4) is 0 Å². The van der Waals surface area contributed by atoms with E-state index >= 15 is 0 Å². The number of ether oxygens (including phenoxy) is 2. The van der Waals surface area contributed by atoms with Gasteiger partial charge in [0.25, 0.3) is 5.91 Å². The molecule has 0 aliphatic carbocycles. The average Bonchev–Trinajstić information content (AvgIpc) is 3.27. The summed E-state index contributed by atoms with van der Waals surface area (Å²) in [5, 5.41) is 6.99. The number of anilines is 1. The highest BCUT2D eigenvalue weighted by Crippen LogP contribution is 2.35. The Kier molecular flexibility index (Phi) is 7.15. The summed E-state index contributed by atoms with van der Waals surface area (Å²) in [4.78, 5) is 25.3. The molecular weight excluding hydrogens is 477 g/mol. The Morgan fingerprint density at radius 1 is 1.08 bits per heavy atom. The number of amides is 1. The first kappa shape index (κ1) is 25.0. The molecule has 3 heterocycles. The number of para-hydroxylation sites is 1. The van der Waals surface area contributed by atoms with Gasteiger partial charge in [0, 0.05) is 6.20 Å². The monoisotopic (exact) mass is 500 g/mol. The Hall–Kier alpha value is -4.06. The third kappa shape index (κ3) is 5.60. The number of hydrogen-bond donors (Lipinski definition) is 1. The van der Waals surface area contributed by atoms with Crippen molar-refractivity contribution in [1.82, 2.24) is 24.7 Å². The van der Waals surface area contributed by atoms with Crippen LogP contribution >= 0.6 is 0 Å².